The molecule has 2 heteroatoms. The maximum absolute atomic E-state index is 11.3. The molecule has 0 heterocycles. The molecule has 2 aliphatic rings. The lowest BCUT2D eigenvalue weighted by Crippen LogP contribution is -2.56. The van der Waals surface area contributed by atoms with E-state index in [1.807, 2.05) is 13.0 Å². The van der Waals surface area contributed by atoms with E-state index < -0.39 is 5.60 Å². The van der Waals surface area contributed by atoms with Crippen LogP contribution in [0.25, 0.3) is 0 Å². The zero-order chi connectivity index (χ0) is 15.2. The molecule has 2 rings (SSSR count). The fraction of sp³-hybridized carbons (Fsp3) is 0.833. The van der Waals surface area contributed by atoms with Gasteiger partial charge in [0.15, 0.2) is 5.78 Å². The summed E-state index contributed by atoms with van der Waals surface area (Å²) in [4.78, 5) is 11.3. The second kappa shape index (κ2) is 4.98. The van der Waals surface area contributed by atoms with E-state index in [2.05, 4.69) is 20.8 Å². The predicted octanol–water partition coefficient (Wildman–Crippen LogP) is 4.13. The molecule has 0 aromatic carbocycles. The SMILES string of the molecule is CC(=O)/C=C/[C@H]1[C@@]2(C)CCCC(C)(C)[C@@H]2CC[C@@]1(C)O. The van der Waals surface area contributed by atoms with Crippen molar-refractivity contribution >= 4 is 5.78 Å². The molecule has 0 radical (unpaired) electrons. The first kappa shape index (κ1) is 15.8. The Morgan fingerprint density at radius 3 is 2.40 bits per heavy atom. The van der Waals surface area contributed by atoms with E-state index in [1.165, 1.54) is 12.8 Å². The molecule has 2 nitrogen and oxygen atoms in total. The number of carbonyl (C=O) groups excluding carboxylic acids is 1. The Bertz CT molecular complexity index is 419. The van der Waals surface area contributed by atoms with Crippen LogP contribution in [-0.4, -0.2) is 16.5 Å². The van der Waals surface area contributed by atoms with Crippen LogP contribution in [-0.2, 0) is 4.79 Å². The second-order valence-electron chi connectivity index (χ2n) is 8.24. The highest BCUT2D eigenvalue weighted by atomic mass is 16.3. The molecule has 0 saturated heterocycles. The van der Waals surface area contributed by atoms with Crippen LogP contribution >= 0.6 is 0 Å². The Labute approximate surface area is 123 Å². The lowest BCUT2D eigenvalue weighted by molar-refractivity contribution is -0.149. The lowest BCUT2D eigenvalue weighted by atomic mass is 9.45. The van der Waals surface area contributed by atoms with Gasteiger partial charge in [-0.15, -0.1) is 0 Å². The topological polar surface area (TPSA) is 37.3 Å². The summed E-state index contributed by atoms with van der Waals surface area (Å²) in [7, 11) is 0. The van der Waals surface area contributed by atoms with Crippen LogP contribution in [0.15, 0.2) is 12.2 Å². The van der Waals surface area contributed by atoms with Crippen molar-refractivity contribution < 1.29 is 9.90 Å². The van der Waals surface area contributed by atoms with Crippen LogP contribution in [0, 0.1) is 22.7 Å². The highest BCUT2D eigenvalue weighted by Gasteiger charge is 2.57. The summed E-state index contributed by atoms with van der Waals surface area (Å²) < 4.78 is 0. The molecule has 2 saturated carbocycles. The minimum Gasteiger partial charge on any atom is -0.390 e. The first-order chi connectivity index (χ1) is 9.09. The predicted molar refractivity (Wildman–Crippen MR) is 82.4 cm³/mol. The fourth-order valence-corrected chi connectivity index (χ4v) is 5.22. The smallest absolute Gasteiger partial charge is 0.152 e. The third-order valence-electron chi connectivity index (χ3n) is 6.12. The number of fused-ring (bicyclic) bond motifs is 1. The Morgan fingerprint density at radius 2 is 1.80 bits per heavy atom. The van der Waals surface area contributed by atoms with Crippen molar-refractivity contribution in [3.8, 4) is 0 Å². The Morgan fingerprint density at radius 1 is 1.15 bits per heavy atom. The third-order valence-corrected chi connectivity index (χ3v) is 6.12. The standard InChI is InChI=1S/C18H30O2/c1-13(19)7-8-15-17(4)11-6-10-16(2,3)14(17)9-12-18(15,5)20/h7-8,14-15,20H,6,9-12H2,1-5H3/b8-7+/t14-,15-,17-,18+/m0/s1. The number of rotatable bonds is 2. The van der Waals surface area contributed by atoms with Crippen LogP contribution in [0.5, 0.6) is 0 Å². The minimum absolute atomic E-state index is 0.0709. The van der Waals surface area contributed by atoms with Crippen molar-refractivity contribution in [2.45, 2.75) is 72.3 Å². The van der Waals surface area contributed by atoms with Gasteiger partial charge in [0, 0.05) is 5.92 Å². The molecule has 0 spiro atoms. The molecule has 20 heavy (non-hydrogen) atoms. The number of allylic oxidation sites excluding steroid dienone is 1. The molecule has 4 atom stereocenters. The van der Waals surface area contributed by atoms with E-state index in [4.69, 9.17) is 0 Å². The van der Waals surface area contributed by atoms with E-state index in [9.17, 15) is 9.90 Å². The molecular formula is C18H30O2. The molecule has 0 aliphatic heterocycles. The van der Waals surface area contributed by atoms with E-state index in [0.717, 1.165) is 19.3 Å². The molecular weight excluding hydrogens is 248 g/mol. The van der Waals surface area contributed by atoms with Gasteiger partial charge in [-0.1, -0.05) is 33.3 Å². The molecule has 0 aromatic rings. The number of ketones is 1. The van der Waals surface area contributed by atoms with Gasteiger partial charge in [-0.2, -0.15) is 0 Å². The van der Waals surface area contributed by atoms with Gasteiger partial charge >= 0.3 is 0 Å². The average Bonchev–Trinajstić information content (AvgIpc) is 2.25. The summed E-state index contributed by atoms with van der Waals surface area (Å²) in [6, 6.07) is 0. The Kier molecular flexibility index (Phi) is 3.92. The zero-order valence-corrected chi connectivity index (χ0v) is 13.7. The molecule has 0 aromatic heterocycles. The summed E-state index contributed by atoms with van der Waals surface area (Å²) in [5.74, 6) is 0.782. The second-order valence-corrected chi connectivity index (χ2v) is 8.24. The van der Waals surface area contributed by atoms with Gasteiger partial charge in [-0.3, -0.25) is 4.79 Å². The van der Waals surface area contributed by atoms with Crippen LogP contribution in [0.3, 0.4) is 0 Å². The summed E-state index contributed by atoms with van der Waals surface area (Å²) in [6.45, 7) is 10.6. The Balaban J connectivity index is 2.40. The summed E-state index contributed by atoms with van der Waals surface area (Å²) in [5.41, 5.74) is -0.244. The van der Waals surface area contributed by atoms with E-state index in [0.29, 0.717) is 11.3 Å². The highest BCUT2D eigenvalue weighted by Crippen LogP contribution is 2.62. The number of carbonyl (C=O) groups is 1. The van der Waals surface area contributed by atoms with Gasteiger partial charge < -0.3 is 5.11 Å². The van der Waals surface area contributed by atoms with Gasteiger partial charge in [0.1, 0.15) is 0 Å². The van der Waals surface area contributed by atoms with Gasteiger partial charge in [0.2, 0.25) is 0 Å². The molecule has 0 bridgehead atoms. The monoisotopic (exact) mass is 278 g/mol. The molecule has 2 aliphatic carbocycles. The number of hydrogen-bond acceptors (Lipinski definition) is 2. The maximum atomic E-state index is 11.3. The zero-order valence-electron chi connectivity index (χ0n) is 13.7. The minimum atomic E-state index is -0.690. The average molecular weight is 278 g/mol. The quantitative estimate of drug-likeness (QED) is 0.771. The van der Waals surface area contributed by atoms with Crippen molar-refractivity contribution in [3.05, 3.63) is 12.2 Å². The maximum Gasteiger partial charge on any atom is 0.152 e. The van der Waals surface area contributed by atoms with Gasteiger partial charge in [-0.25, -0.2) is 0 Å². The summed E-state index contributed by atoms with van der Waals surface area (Å²) in [5, 5.41) is 10.9. The van der Waals surface area contributed by atoms with E-state index in [-0.39, 0.29) is 17.1 Å². The Hall–Kier alpha value is -0.630. The van der Waals surface area contributed by atoms with Crippen molar-refractivity contribution in [2.75, 3.05) is 0 Å². The fourth-order valence-electron chi connectivity index (χ4n) is 5.22. The van der Waals surface area contributed by atoms with Crippen molar-refractivity contribution in [2.24, 2.45) is 22.7 Å². The summed E-state index contributed by atoms with van der Waals surface area (Å²) >= 11 is 0. The van der Waals surface area contributed by atoms with Crippen molar-refractivity contribution in [1.29, 1.82) is 0 Å². The highest BCUT2D eigenvalue weighted by molar-refractivity contribution is 5.87. The van der Waals surface area contributed by atoms with Crippen molar-refractivity contribution in [3.63, 3.8) is 0 Å². The van der Waals surface area contributed by atoms with Crippen molar-refractivity contribution in [1.82, 2.24) is 0 Å². The molecule has 0 unspecified atom stereocenters. The molecule has 1 N–H and O–H groups in total. The largest absolute Gasteiger partial charge is 0.390 e. The van der Waals surface area contributed by atoms with Crippen LogP contribution in [0.4, 0.5) is 0 Å². The third kappa shape index (κ3) is 2.59. The van der Waals surface area contributed by atoms with Crippen LogP contribution in [0.2, 0.25) is 0 Å². The molecule has 114 valence electrons. The number of hydrogen-bond donors (Lipinski definition) is 1. The lowest BCUT2D eigenvalue weighted by Gasteiger charge is -2.60. The van der Waals surface area contributed by atoms with E-state index in [1.54, 1.807) is 13.0 Å². The van der Waals surface area contributed by atoms with Gasteiger partial charge in [0.05, 0.1) is 5.60 Å². The molecule has 0 amide bonds. The number of aliphatic hydroxyl groups is 1. The van der Waals surface area contributed by atoms with Crippen LogP contribution < -0.4 is 0 Å². The van der Waals surface area contributed by atoms with Crippen LogP contribution in [0.1, 0.15) is 66.7 Å². The normalized spacial score (nSPS) is 44.3. The van der Waals surface area contributed by atoms with E-state index >= 15 is 0 Å². The van der Waals surface area contributed by atoms with Gasteiger partial charge in [0.25, 0.3) is 0 Å². The van der Waals surface area contributed by atoms with Gasteiger partial charge in [-0.05, 0) is 62.4 Å². The summed E-state index contributed by atoms with van der Waals surface area (Å²) in [6.07, 6.45) is 9.25. The molecule has 2 fully saturated rings. The first-order valence-electron chi connectivity index (χ1n) is 8.01. The first-order valence-corrected chi connectivity index (χ1v) is 8.01.